The van der Waals surface area contributed by atoms with Gasteiger partial charge in [-0.25, -0.2) is 0 Å². The van der Waals surface area contributed by atoms with Crippen LogP contribution in [0.3, 0.4) is 0 Å². The maximum absolute atomic E-state index is 10.4. The van der Waals surface area contributed by atoms with Crippen LogP contribution in [0, 0.1) is 0 Å². The highest BCUT2D eigenvalue weighted by Gasteiger charge is 2.24. The Bertz CT molecular complexity index is 311. The van der Waals surface area contributed by atoms with Crippen LogP contribution < -0.4 is 0 Å². The number of nitrogens with zero attached hydrogens (tertiary/aromatic N) is 1. The molecule has 0 radical (unpaired) electrons. The number of aliphatic hydroxyl groups is 1. The molecule has 0 aliphatic heterocycles. The van der Waals surface area contributed by atoms with E-state index in [9.17, 15) is 5.11 Å². The molecule has 1 unspecified atom stereocenters. The number of hydrogen-bond acceptors (Lipinski definition) is 3. The van der Waals surface area contributed by atoms with Gasteiger partial charge in [-0.1, -0.05) is 30.3 Å². The molecule has 0 fully saturated rings. The van der Waals surface area contributed by atoms with Gasteiger partial charge in [0.25, 0.3) is 0 Å². The van der Waals surface area contributed by atoms with E-state index in [2.05, 4.69) is 4.90 Å². The molecule has 0 amide bonds. The third kappa shape index (κ3) is 4.86. The predicted molar refractivity (Wildman–Crippen MR) is 70.0 cm³/mol. The zero-order valence-electron chi connectivity index (χ0n) is 11.0. The summed E-state index contributed by atoms with van der Waals surface area (Å²) < 4.78 is 5.02. The fourth-order valence-electron chi connectivity index (χ4n) is 1.97. The molecular weight excluding hydrogens is 214 g/mol. The Morgan fingerprint density at radius 2 is 1.94 bits per heavy atom. The molecule has 1 N–H and O–H groups in total. The van der Waals surface area contributed by atoms with E-state index in [1.807, 2.05) is 44.3 Å². The third-order valence-corrected chi connectivity index (χ3v) is 2.86. The van der Waals surface area contributed by atoms with Crippen LogP contribution in [0.1, 0.15) is 18.9 Å². The maximum Gasteiger partial charge on any atom is 0.0994 e. The molecule has 0 spiro atoms. The van der Waals surface area contributed by atoms with Crippen LogP contribution in [0.2, 0.25) is 0 Å². The second-order valence-electron chi connectivity index (χ2n) is 4.72. The van der Waals surface area contributed by atoms with Gasteiger partial charge in [-0.3, -0.25) is 0 Å². The Kier molecular flexibility index (Phi) is 5.62. The lowest BCUT2D eigenvalue weighted by molar-refractivity contribution is 0.0215. The number of benzene rings is 1. The zero-order chi connectivity index (χ0) is 12.7. The first kappa shape index (κ1) is 14.2. The molecule has 1 atom stereocenters. The van der Waals surface area contributed by atoms with Gasteiger partial charge < -0.3 is 14.7 Å². The molecule has 1 rings (SSSR count). The monoisotopic (exact) mass is 237 g/mol. The standard InChI is InChI=1S/C14H23NO2/c1-14(16,13-8-5-4-6-9-13)12-15(2)10-7-11-17-3/h4-6,8-9,16H,7,10-12H2,1-3H3. The van der Waals surface area contributed by atoms with Crippen molar-refractivity contribution in [2.45, 2.75) is 18.9 Å². The van der Waals surface area contributed by atoms with E-state index in [0.29, 0.717) is 6.54 Å². The molecule has 1 aromatic carbocycles. The third-order valence-electron chi connectivity index (χ3n) is 2.86. The normalized spacial score (nSPS) is 14.9. The van der Waals surface area contributed by atoms with Gasteiger partial charge in [0.15, 0.2) is 0 Å². The molecular formula is C14H23NO2. The molecule has 3 nitrogen and oxygen atoms in total. The lowest BCUT2D eigenvalue weighted by Gasteiger charge is -2.29. The largest absolute Gasteiger partial charge is 0.385 e. The van der Waals surface area contributed by atoms with E-state index < -0.39 is 5.60 Å². The maximum atomic E-state index is 10.4. The summed E-state index contributed by atoms with van der Waals surface area (Å²) in [7, 11) is 3.73. The highest BCUT2D eigenvalue weighted by Crippen LogP contribution is 2.20. The van der Waals surface area contributed by atoms with E-state index >= 15 is 0 Å². The molecule has 0 saturated heterocycles. The fraction of sp³-hybridized carbons (Fsp3) is 0.571. The second-order valence-corrected chi connectivity index (χ2v) is 4.72. The topological polar surface area (TPSA) is 32.7 Å². The van der Waals surface area contributed by atoms with Crippen LogP contribution in [0.15, 0.2) is 30.3 Å². The van der Waals surface area contributed by atoms with E-state index in [-0.39, 0.29) is 0 Å². The molecule has 0 heterocycles. The van der Waals surface area contributed by atoms with E-state index in [1.54, 1.807) is 7.11 Å². The number of likely N-dealkylation sites (N-methyl/N-ethyl adjacent to an activating group) is 1. The van der Waals surface area contributed by atoms with Crippen molar-refractivity contribution in [2.24, 2.45) is 0 Å². The lowest BCUT2D eigenvalue weighted by atomic mass is 9.95. The molecule has 3 heteroatoms. The lowest BCUT2D eigenvalue weighted by Crippen LogP contribution is -2.37. The first-order valence-corrected chi connectivity index (χ1v) is 6.01. The van der Waals surface area contributed by atoms with Gasteiger partial charge in [0.05, 0.1) is 5.60 Å². The molecule has 0 saturated carbocycles. The van der Waals surface area contributed by atoms with Gasteiger partial charge in [-0.2, -0.15) is 0 Å². The van der Waals surface area contributed by atoms with Crippen LogP contribution in [0.25, 0.3) is 0 Å². The van der Waals surface area contributed by atoms with Crippen LogP contribution in [0.4, 0.5) is 0 Å². The second kappa shape index (κ2) is 6.74. The Morgan fingerprint density at radius 3 is 2.53 bits per heavy atom. The number of methoxy groups -OCH3 is 1. The van der Waals surface area contributed by atoms with Crippen molar-refractivity contribution >= 4 is 0 Å². The van der Waals surface area contributed by atoms with Gasteiger partial charge in [0.2, 0.25) is 0 Å². The van der Waals surface area contributed by atoms with Gasteiger partial charge in [-0.05, 0) is 26.0 Å². The molecule has 0 aromatic heterocycles. The average Bonchev–Trinajstić information content (AvgIpc) is 2.30. The van der Waals surface area contributed by atoms with Gasteiger partial charge in [0, 0.05) is 26.8 Å². The predicted octanol–water partition coefficient (Wildman–Crippen LogP) is 1.86. The van der Waals surface area contributed by atoms with Crippen LogP contribution in [-0.4, -0.2) is 43.9 Å². The van der Waals surface area contributed by atoms with Gasteiger partial charge >= 0.3 is 0 Å². The summed E-state index contributed by atoms with van der Waals surface area (Å²) >= 11 is 0. The molecule has 0 bridgehead atoms. The minimum atomic E-state index is -0.802. The highest BCUT2D eigenvalue weighted by atomic mass is 16.5. The molecule has 1 aromatic rings. The van der Waals surface area contributed by atoms with Crippen LogP contribution >= 0.6 is 0 Å². The number of hydrogen-bond donors (Lipinski definition) is 1. The van der Waals surface area contributed by atoms with Crippen LogP contribution in [0.5, 0.6) is 0 Å². The summed E-state index contributed by atoms with van der Waals surface area (Å²) in [6.45, 7) is 4.17. The summed E-state index contributed by atoms with van der Waals surface area (Å²) in [6.07, 6.45) is 0.984. The minimum Gasteiger partial charge on any atom is -0.385 e. The Hall–Kier alpha value is -0.900. The molecule has 96 valence electrons. The molecule has 0 aliphatic rings. The quantitative estimate of drug-likeness (QED) is 0.735. The highest BCUT2D eigenvalue weighted by molar-refractivity contribution is 5.21. The fourth-order valence-corrected chi connectivity index (χ4v) is 1.97. The van der Waals surface area contributed by atoms with Crippen molar-refractivity contribution in [3.63, 3.8) is 0 Å². The Labute approximate surface area is 104 Å². The molecule has 17 heavy (non-hydrogen) atoms. The smallest absolute Gasteiger partial charge is 0.0994 e. The summed E-state index contributed by atoms with van der Waals surface area (Å²) in [5.41, 5.74) is 0.155. The first-order chi connectivity index (χ1) is 8.06. The van der Waals surface area contributed by atoms with Gasteiger partial charge in [0.1, 0.15) is 0 Å². The van der Waals surface area contributed by atoms with E-state index in [1.165, 1.54) is 0 Å². The summed E-state index contributed by atoms with van der Waals surface area (Å²) in [5, 5.41) is 10.4. The van der Waals surface area contributed by atoms with E-state index in [0.717, 1.165) is 25.1 Å². The van der Waals surface area contributed by atoms with Gasteiger partial charge in [-0.15, -0.1) is 0 Å². The summed E-state index contributed by atoms with van der Waals surface area (Å²) in [5.74, 6) is 0. The van der Waals surface area contributed by atoms with E-state index in [4.69, 9.17) is 4.74 Å². The summed E-state index contributed by atoms with van der Waals surface area (Å²) in [6, 6.07) is 9.79. The first-order valence-electron chi connectivity index (χ1n) is 6.01. The average molecular weight is 237 g/mol. The minimum absolute atomic E-state index is 0.626. The van der Waals surface area contributed by atoms with Crippen molar-refractivity contribution < 1.29 is 9.84 Å². The van der Waals surface area contributed by atoms with Crippen molar-refractivity contribution in [3.05, 3.63) is 35.9 Å². The SMILES string of the molecule is COCCCN(C)CC(C)(O)c1ccccc1. The van der Waals surface area contributed by atoms with Crippen molar-refractivity contribution in [2.75, 3.05) is 33.9 Å². The van der Waals surface area contributed by atoms with Crippen molar-refractivity contribution in [1.82, 2.24) is 4.90 Å². The van der Waals surface area contributed by atoms with Crippen LogP contribution in [-0.2, 0) is 10.3 Å². The van der Waals surface area contributed by atoms with Crippen molar-refractivity contribution in [1.29, 1.82) is 0 Å². The van der Waals surface area contributed by atoms with Crippen molar-refractivity contribution in [3.8, 4) is 0 Å². The zero-order valence-corrected chi connectivity index (χ0v) is 11.0. The Morgan fingerprint density at radius 1 is 1.29 bits per heavy atom. The summed E-state index contributed by atoms with van der Waals surface area (Å²) in [4.78, 5) is 2.13. The molecule has 0 aliphatic carbocycles. The Balaban J connectivity index is 2.49. The number of ether oxygens (including phenoxy) is 1. The number of rotatable bonds is 7.